The molecule has 0 bridgehead atoms. The van der Waals surface area contributed by atoms with Crippen LogP contribution in [0.1, 0.15) is 25.3 Å². The SMILES string of the molecule is CCN1CCN(CC(=O)N[C@H]2CCCN(c3ccc(C(F)(F)F)cn3)C2)CC1. The number of nitrogens with one attached hydrogen (secondary N) is 1. The molecule has 2 saturated heterocycles. The number of piperazine rings is 1. The van der Waals surface area contributed by atoms with Crippen molar-refractivity contribution in [2.75, 3.05) is 57.3 Å². The van der Waals surface area contributed by atoms with Crippen molar-refractivity contribution >= 4 is 11.7 Å². The molecule has 1 N–H and O–H groups in total. The third-order valence-corrected chi connectivity index (χ3v) is 5.47. The van der Waals surface area contributed by atoms with Gasteiger partial charge in [0, 0.05) is 51.5 Å². The summed E-state index contributed by atoms with van der Waals surface area (Å²) in [6.45, 7) is 8.63. The van der Waals surface area contributed by atoms with E-state index in [-0.39, 0.29) is 11.9 Å². The Morgan fingerprint density at radius 2 is 1.89 bits per heavy atom. The fraction of sp³-hybridized carbons (Fsp3) is 0.684. The van der Waals surface area contributed by atoms with Gasteiger partial charge < -0.3 is 15.1 Å². The summed E-state index contributed by atoms with van der Waals surface area (Å²) in [6, 6.07) is 2.45. The van der Waals surface area contributed by atoms with E-state index in [0.717, 1.165) is 64.4 Å². The van der Waals surface area contributed by atoms with Crippen LogP contribution in [0.3, 0.4) is 0 Å². The second kappa shape index (κ2) is 9.09. The lowest BCUT2D eigenvalue weighted by atomic mass is 10.1. The first-order valence-electron chi connectivity index (χ1n) is 9.87. The van der Waals surface area contributed by atoms with Gasteiger partial charge in [-0.25, -0.2) is 4.98 Å². The summed E-state index contributed by atoms with van der Waals surface area (Å²) in [7, 11) is 0. The number of rotatable bonds is 5. The fourth-order valence-electron chi connectivity index (χ4n) is 3.78. The molecule has 3 heterocycles. The van der Waals surface area contributed by atoms with Gasteiger partial charge in [0.1, 0.15) is 5.82 Å². The van der Waals surface area contributed by atoms with Crippen LogP contribution in [0, 0.1) is 0 Å². The number of aromatic nitrogens is 1. The van der Waals surface area contributed by atoms with Crippen molar-refractivity contribution in [3.05, 3.63) is 23.9 Å². The molecule has 0 unspecified atom stereocenters. The van der Waals surface area contributed by atoms with Gasteiger partial charge in [0.05, 0.1) is 12.1 Å². The summed E-state index contributed by atoms with van der Waals surface area (Å²) < 4.78 is 38.1. The molecular formula is C19H28F3N5O. The predicted molar refractivity (Wildman–Crippen MR) is 101 cm³/mol. The summed E-state index contributed by atoms with van der Waals surface area (Å²) >= 11 is 0. The molecule has 9 heteroatoms. The summed E-state index contributed by atoms with van der Waals surface area (Å²) in [5, 5.41) is 3.08. The number of amides is 1. The highest BCUT2D eigenvalue weighted by Crippen LogP contribution is 2.29. The molecule has 0 aliphatic carbocycles. The Balaban J connectivity index is 1.49. The van der Waals surface area contributed by atoms with Crippen molar-refractivity contribution in [2.24, 2.45) is 0 Å². The highest BCUT2D eigenvalue weighted by atomic mass is 19.4. The first-order valence-corrected chi connectivity index (χ1v) is 9.87. The van der Waals surface area contributed by atoms with Crippen LogP contribution in [0.25, 0.3) is 0 Å². The van der Waals surface area contributed by atoms with Gasteiger partial charge in [0.2, 0.25) is 5.91 Å². The maximum absolute atomic E-state index is 12.7. The van der Waals surface area contributed by atoms with E-state index in [1.807, 2.05) is 4.90 Å². The number of halogens is 3. The van der Waals surface area contributed by atoms with Gasteiger partial charge >= 0.3 is 6.18 Å². The molecule has 6 nitrogen and oxygen atoms in total. The molecule has 156 valence electrons. The Labute approximate surface area is 163 Å². The summed E-state index contributed by atoms with van der Waals surface area (Å²) in [5.41, 5.74) is -0.749. The zero-order valence-electron chi connectivity index (χ0n) is 16.2. The summed E-state index contributed by atoms with van der Waals surface area (Å²) in [6.07, 6.45) is -1.78. The molecule has 2 aliphatic rings. The highest BCUT2D eigenvalue weighted by molar-refractivity contribution is 5.78. The Hall–Kier alpha value is -1.87. The average Bonchev–Trinajstić information content (AvgIpc) is 2.68. The Bertz CT molecular complexity index is 644. The van der Waals surface area contributed by atoms with Crippen molar-refractivity contribution in [3.63, 3.8) is 0 Å². The molecule has 28 heavy (non-hydrogen) atoms. The van der Waals surface area contributed by atoms with Crippen molar-refractivity contribution < 1.29 is 18.0 Å². The van der Waals surface area contributed by atoms with E-state index in [2.05, 4.69) is 27.0 Å². The summed E-state index contributed by atoms with van der Waals surface area (Å²) in [5.74, 6) is 0.528. The minimum atomic E-state index is -4.38. The molecular weight excluding hydrogens is 371 g/mol. The van der Waals surface area contributed by atoms with Crippen LogP contribution < -0.4 is 10.2 Å². The van der Waals surface area contributed by atoms with Crippen LogP contribution in [0.15, 0.2) is 18.3 Å². The maximum atomic E-state index is 12.7. The minimum Gasteiger partial charge on any atom is -0.355 e. The van der Waals surface area contributed by atoms with Crippen LogP contribution in [-0.4, -0.2) is 79.1 Å². The molecule has 0 saturated carbocycles. The Morgan fingerprint density at radius 1 is 1.18 bits per heavy atom. The molecule has 0 spiro atoms. The lowest BCUT2D eigenvalue weighted by Crippen LogP contribution is -2.53. The smallest absolute Gasteiger partial charge is 0.355 e. The number of anilines is 1. The zero-order chi connectivity index (χ0) is 20.1. The van der Waals surface area contributed by atoms with Crippen LogP contribution in [0.2, 0.25) is 0 Å². The largest absolute Gasteiger partial charge is 0.417 e. The minimum absolute atomic E-state index is 0.0113. The van der Waals surface area contributed by atoms with Gasteiger partial charge in [-0.05, 0) is 31.5 Å². The fourth-order valence-corrected chi connectivity index (χ4v) is 3.78. The van der Waals surface area contributed by atoms with E-state index < -0.39 is 11.7 Å². The van der Waals surface area contributed by atoms with E-state index in [1.54, 1.807) is 0 Å². The van der Waals surface area contributed by atoms with E-state index >= 15 is 0 Å². The molecule has 1 atom stereocenters. The molecule has 2 fully saturated rings. The van der Waals surface area contributed by atoms with E-state index in [0.29, 0.717) is 18.9 Å². The summed E-state index contributed by atoms with van der Waals surface area (Å²) in [4.78, 5) is 22.8. The van der Waals surface area contributed by atoms with Crippen LogP contribution in [-0.2, 0) is 11.0 Å². The van der Waals surface area contributed by atoms with Crippen molar-refractivity contribution in [2.45, 2.75) is 32.0 Å². The molecule has 1 aromatic heterocycles. The molecule has 2 aliphatic heterocycles. The predicted octanol–water partition coefficient (Wildman–Crippen LogP) is 1.82. The number of carbonyl (C=O) groups excluding carboxylic acids is 1. The number of carbonyl (C=O) groups is 1. The van der Waals surface area contributed by atoms with E-state index in [9.17, 15) is 18.0 Å². The number of piperidine rings is 1. The van der Waals surface area contributed by atoms with Gasteiger partial charge in [-0.2, -0.15) is 13.2 Å². The van der Waals surface area contributed by atoms with Gasteiger partial charge in [0.25, 0.3) is 0 Å². The molecule has 1 aromatic rings. The van der Waals surface area contributed by atoms with Crippen molar-refractivity contribution in [1.29, 1.82) is 0 Å². The lowest BCUT2D eigenvalue weighted by molar-refractivity contribution is -0.137. The molecule has 0 radical (unpaired) electrons. The number of hydrogen-bond acceptors (Lipinski definition) is 5. The number of likely N-dealkylation sites (N-methyl/N-ethyl adjacent to an activating group) is 1. The van der Waals surface area contributed by atoms with Gasteiger partial charge in [-0.1, -0.05) is 6.92 Å². The lowest BCUT2D eigenvalue weighted by Gasteiger charge is -2.36. The average molecular weight is 399 g/mol. The monoisotopic (exact) mass is 399 g/mol. The van der Waals surface area contributed by atoms with Gasteiger partial charge in [-0.3, -0.25) is 9.69 Å². The normalized spacial score (nSPS) is 22.3. The van der Waals surface area contributed by atoms with E-state index in [1.165, 1.54) is 6.07 Å². The number of nitrogens with zero attached hydrogens (tertiary/aromatic N) is 4. The second-order valence-corrected chi connectivity index (χ2v) is 7.47. The maximum Gasteiger partial charge on any atom is 0.417 e. The van der Waals surface area contributed by atoms with E-state index in [4.69, 9.17) is 0 Å². The molecule has 1 amide bonds. The molecule has 3 rings (SSSR count). The first kappa shape index (κ1) is 20.9. The topological polar surface area (TPSA) is 51.7 Å². The number of hydrogen-bond donors (Lipinski definition) is 1. The number of alkyl halides is 3. The Kier molecular flexibility index (Phi) is 6.77. The van der Waals surface area contributed by atoms with Crippen LogP contribution >= 0.6 is 0 Å². The first-order chi connectivity index (χ1) is 13.3. The number of pyridine rings is 1. The quantitative estimate of drug-likeness (QED) is 0.819. The molecule has 0 aromatic carbocycles. The zero-order valence-corrected chi connectivity index (χ0v) is 16.2. The third-order valence-electron chi connectivity index (χ3n) is 5.47. The van der Waals surface area contributed by atoms with Gasteiger partial charge in [-0.15, -0.1) is 0 Å². The van der Waals surface area contributed by atoms with Crippen molar-refractivity contribution in [3.8, 4) is 0 Å². The second-order valence-electron chi connectivity index (χ2n) is 7.47. The standard InChI is InChI=1S/C19H28F3N5O/c1-2-25-8-10-26(11-9-25)14-18(28)24-16-4-3-7-27(13-16)17-6-5-15(12-23-17)19(20,21)22/h5-6,12,16H,2-4,7-11,13-14H2,1H3,(H,24,28)/t16-/m0/s1. The Morgan fingerprint density at radius 3 is 2.50 bits per heavy atom. The third kappa shape index (κ3) is 5.57. The van der Waals surface area contributed by atoms with Gasteiger partial charge in [0.15, 0.2) is 0 Å². The van der Waals surface area contributed by atoms with Crippen molar-refractivity contribution in [1.82, 2.24) is 20.1 Å². The van der Waals surface area contributed by atoms with Crippen LogP contribution in [0.4, 0.5) is 19.0 Å². The van der Waals surface area contributed by atoms with Crippen LogP contribution in [0.5, 0.6) is 0 Å². The highest BCUT2D eigenvalue weighted by Gasteiger charge is 2.31.